The predicted octanol–water partition coefficient (Wildman–Crippen LogP) is 4.35. The number of hydrogen-bond acceptors (Lipinski definition) is 2. The molecule has 0 aliphatic heterocycles. The molecular weight excluding hydrogens is 289 g/mol. The Morgan fingerprint density at radius 2 is 1.86 bits per heavy atom. The van der Waals surface area contributed by atoms with Crippen LogP contribution < -0.4 is 5.32 Å². The molecule has 0 saturated heterocycles. The lowest BCUT2D eigenvalue weighted by atomic mass is 10.1. The summed E-state index contributed by atoms with van der Waals surface area (Å²) in [5, 5.41) is 3.91. The van der Waals surface area contributed by atoms with Crippen molar-refractivity contribution in [3.8, 4) is 0 Å². The largest absolute Gasteiger partial charge is 0.367 e. The summed E-state index contributed by atoms with van der Waals surface area (Å²) in [6, 6.07) is 14.2. The van der Waals surface area contributed by atoms with Gasteiger partial charge in [-0.25, -0.2) is 4.39 Å². The lowest BCUT2D eigenvalue weighted by Crippen LogP contribution is -2.23. The Hall–Kier alpha value is -1.42. The molecule has 1 atom stereocenters. The number of nitrogens with one attached hydrogen (secondary N) is 1. The fourth-order valence-electron chi connectivity index (χ4n) is 2.08. The Morgan fingerprint density at radius 1 is 1.14 bits per heavy atom. The number of ether oxygens (including phenoxy) is 1. The first-order chi connectivity index (χ1) is 10.2. The van der Waals surface area contributed by atoms with Gasteiger partial charge in [0, 0.05) is 22.7 Å². The maximum atomic E-state index is 13.7. The van der Waals surface area contributed by atoms with Gasteiger partial charge in [-0.2, -0.15) is 0 Å². The van der Waals surface area contributed by atoms with Gasteiger partial charge < -0.3 is 10.1 Å². The van der Waals surface area contributed by atoms with Gasteiger partial charge in [-0.05, 0) is 18.7 Å². The van der Waals surface area contributed by atoms with Gasteiger partial charge in [0.05, 0.1) is 12.7 Å². The molecule has 0 saturated carbocycles. The third-order valence-corrected chi connectivity index (χ3v) is 3.57. The standard InChI is InChI=1S/C17H19ClFNO/c1-2-20-11-17(14-8-4-5-9-15(14)18)21-12-13-7-3-6-10-16(13)19/h3-10,17,20H,2,11-12H2,1H3. The molecule has 0 aromatic heterocycles. The molecule has 2 aromatic carbocycles. The lowest BCUT2D eigenvalue weighted by Gasteiger charge is -2.20. The summed E-state index contributed by atoms with van der Waals surface area (Å²) in [5.74, 6) is -0.251. The molecule has 0 heterocycles. The van der Waals surface area contributed by atoms with E-state index in [1.165, 1.54) is 6.07 Å². The van der Waals surface area contributed by atoms with Crippen LogP contribution in [0.2, 0.25) is 5.02 Å². The zero-order chi connectivity index (χ0) is 15.1. The predicted molar refractivity (Wildman–Crippen MR) is 83.9 cm³/mol. The Kier molecular flexibility index (Phi) is 6.18. The second-order valence-corrected chi connectivity index (χ2v) is 5.13. The highest BCUT2D eigenvalue weighted by Gasteiger charge is 2.15. The van der Waals surface area contributed by atoms with E-state index in [9.17, 15) is 4.39 Å². The van der Waals surface area contributed by atoms with Crippen LogP contribution in [0, 0.1) is 5.82 Å². The van der Waals surface area contributed by atoms with E-state index < -0.39 is 0 Å². The van der Waals surface area contributed by atoms with Crippen LogP contribution in [-0.4, -0.2) is 13.1 Å². The molecular formula is C17H19ClFNO. The van der Waals surface area contributed by atoms with Gasteiger partial charge in [0.15, 0.2) is 0 Å². The van der Waals surface area contributed by atoms with Crippen molar-refractivity contribution in [2.45, 2.75) is 19.6 Å². The number of halogens is 2. The van der Waals surface area contributed by atoms with Crippen molar-refractivity contribution >= 4 is 11.6 Å². The van der Waals surface area contributed by atoms with Gasteiger partial charge in [-0.15, -0.1) is 0 Å². The van der Waals surface area contributed by atoms with E-state index in [2.05, 4.69) is 5.32 Å². The second kappa shape index (κ2) is 8.13. The van der Waals surface area contributed by atoms with Crippen LogP contribution in [0.5, 0.6) is 0 Å². The molecule has 0 fully saturated rings. The molecule has 1 unspecified atom stereocenters. The monoisotopic (exact) mass is 307 g/mol. The van der Waals surface area contributed by atoms with Crippen molar-refractivity contribution < 1.29 is 9.13 Å². The second-order valence-electron chi connectivity index (χ2n) is 4.72. The van der Waals surface area contributed by atoms with Crippen molar-refractivity contribution in [3.63, 3.8) is 0 Å². The molecule has 0 bridgehead atoms. The molecule has 1 N–H and O–H groups in total. The minimum atomic E-state index is -0.251. The highest BCUT2D eigenvalue weighted by Crippen LogP contribution is 2.26. The van der Waals surface area contributed by atoms with Crippen LogP contribution in [0.15, 0.2) is 48.5 Å². The Balaban J connectivity index is 2.10. The normalized spacial score (nSPS) is 12.3. The van der Waals surface area contributed by atoms with Gasteiger partial charge in [-0.3, -0.25) is 0 Å². The first kappa shape index (κ1) is 16.0. The van der Waals surface area contributed by atoms with Gasteiger partial charge >= 0.3 is 0 Å². The topological polar surface area (TPSA) is 21.3 Å². The fraction of sp³-hybridized carbons (Fsp3) is 0.294. The lowest BCUT2D eigenvalue weighted by molar-refractivity contribution is 0.0387. The van der Waals surface area contributed by atoms with E-state index in [1.807, 2.05) is 31.2 Å². The van der Waals surface area contributed by atoms with Crippen molar-refractivity contribution in [3.05, 3.63) is 70.5 Å². The Morgan fingerprint density at radius 3 is 2.57 bits per heavy atom. The van der Waals surface area contributed by atoms with Crippen molar-refractivity contribution in [1.29, 1.82) is 0 Å². The number of hydrogen-bond donors (Lipinski definition) is 1. The minimum absolute atomic E-state index is 0.210. The molecule has 4 heteroatoms. The fourth-order valence-corrected chi connectivity index (χ4v) is 2.33. The highest BCUT2D eigenvalue weighted by atomic mass is 35.5. The molecule has 2 nitrogen and oxygen atoms in total. The van der Waals surface area contributed by atoms with E-state index in [1.54, 1.807) is 18.2 Å². The van der Waals surface area contributed by atoms with Crippen LogP contribution in [0.4, 0.5) is 4.39 Å². The molecule has 2 aromatic rings. The molecule has 112 valence electrons. The summed E-state index contributed by atoms with van der Waals surface area (Å²) in [6.45, 7) is 3.72. The average molecular weight is 308 g/mol. The average Bonchev–Trinajstić information content (AvgIpc) is 2.50. The molecule has 2 rings (SSSR count). The highest BCUT2D eigenvalue weighted by molar-refractivity contribution is 6.31. The van der Waals surface area contributed by atoms with E-state index >= 15 is 0 Å². The summed E-state index contributed by atoms with van der Waals surface area (Å²) in [5.41, 5.74) is 1.46. The molecule has 0 aliphatic rings. The molecule has 0 amide bonds. The smallest absolute Gasteiger partial charge is 0.128 e. The van der Waals surface area contributed by atoms with Gasteiger partial charge in [-0.1, -0.05) is 54.9 Å². The summed E-state index contributed by atoms with van der Waals surface area (Å²) < 4.78 is 19.5. The number of benzene rings is 2. The molecule has 21 heavy (non-hydrogen) atoms. The number of likely N-dealkylation sites (N-methyl/N-ethyl adjacent to an activating group) is 1. The summed E-state index contributed by atoms with van der Waals surface area (Å²) in [7, 11) is 0. The summed E-state index contributed by atoms with van der Waals surface area (Å²) in [6.07, 6.45) is -0.210. The maximum Gasteiger partial charge on any atom is 0.128 e. The quantitative estimate of drug-likeness (QED) is 0.821. The third-order valence-electron chi connectivity index (χ3n) is 3.23. The van der Waals surface area contributed by atoms with E-state index in [0.717, 1.165) is 12.1 Å². The van der Waals surface area contributed by atoms with Crippen molar-refractivity contribution in [2.75, 3.05) is 13.1 Å². The van der Waals surface area contributed by atoms with Crippen LogP contribution >= 0.6 is 11.6 Å². The van der Waals surface area contributed by atoms with Gasteiger partial charge in [0.25, 0.3) is 0 Å². The first-order valence-corrected chi connectivity index (χ1v) is 7.40. The van der Waals surface area contributed by atoms with Crippen LogP contribution in [0.25, 0.3) is 0 Å². The zero-order valence-corrected chi connectivity index (χ0v) is 12.7. The third kappa shape index (κ3) is 4.53. The minimum Gasteiger partial charge on any atom is -0.367 e. The molecule has 0 spiro atoms. The Bertz CT molecular complexity index is 576. The van der Waals surface area contributed by atoms with E-state index in [4.69, 9.17) is 16.3 Å². The van der Waals surface area contributed by atoms with Crippen LogP contribution in [-0.2, 0) is 11.3 Å². The van der Waals surface area contributed by atoms with E-state index in [-0.39, 0.29) is 18.5 Å². The van der Waals surface area contributed by atoms with Gasteiger partial charge in [0.2, 0.25) is 0 Å². The maximum absolute atomic E-state index is 13.7. The Labute approximate surface area is 129 Å². The van der Waals surface area contributed by atoms with Gasteiger partial charge in [0.1, 0.15) is 5.82 Å². The van der Waals surface area contributed by atoms with Crippen molar-refractivity contribution in [2.24, 2.45) is 0 Å². The molecule has 0 aliphatic carbocycles. The number of rotatable bonds is 7. The SMILES string of the molecule is CCNCC(OCc1ccccc1F)c1ccccc1Cl. The summed E-state index contributed by atoms with van der Waals surface area (Å²) >= 11 is 6.23. The first-order valence-electron chi connectivity index (χ1n) is 7.02. The summed E-state index contributed by atoms with van der Waals surface area (Å²) in [4.78, 5) is 0. The van der Waals surface area contributed by atoms with Crippen LogP contribution in [0.3, 0.4) is 0 Å². The zero-order valence-electron chi connectivity index (χ0n) is 12.0. The van der Waals surface area contributed by atoms with E-state index in [0.29, 0.717) is 17.1 Å². The van der Waals surface area contributed by atoms with Crippen LogP contribution in [0.1, 0.15) is 24.2 Å². The molecule has 0 radical (unpaired) electrons. The van der Waals surface area contributed by atoms with Crippen molar-refractivity contribution in [1.82, 2.24) is 5.32 Å².